The predicted octanol–water partition coefficient (Wildman–Crippen LogP) is 1.66. The highest BCUT2D eigenvalue weighted by Crippen LogP contribution is 2.37. The zero-order valence-corrected chi connectivity index (χ0v) is 40.6. The van der Waals surface area contributed by atoms with E-state index >= 15 is 0 Å². The van der Waals surface area contributed by atoms with Gasteiger partial charge >= 0.3 is 5.97 Å². The number of aliphatic hydroxyl groups excluding tert-OH is 5. The van der Waals surface area contributed by atoms with Crippen LogP contribution in [0.25, 0.3) is 0 Å². The standard InChI is InChI=1S/C46H83NO18/c1-13-31(49)30(22-60-45-42(59-12)41(58-11)37(54)26(5)62-45)18-23(2)14-15-32(50)24(3)19-29(16-17-48)39(25(4)33(51)20-34(52)53)65-44-38(55)36(47(9)10)40(27(6)63-44)64-35-21-46(8,57)43(56)28(7)61-35/h17,23-31,33,35-45,49,51,54-57H,13-16,18-22H2,1-12H3,(H,52,53)/t23-,24-,25+,26-,27-,28+,29+,30-,31-,33-,35+,36-,37-,38-,39-,40-,41-,42-,43+,44+,45-,46-/m1/s1. The molecule has 0 aromatic carbocycles. The number of carboxylic acid groups (broad SMARTS) is 1. The molecule has 19 heteroatoms. The van der Waals surface area contributed by atoms with E-state index in [0.29, 0.717) is 25.5 Å². The van der Waals surface area contributed by atoms with Gasteiger partial charge in [-0.3, -0.25) is 9.59 Å². The van der Waals surface area contributed by atoms with Gasteiger partial charge in [-0.1, -0.05) is 27.7 Å². The number of aliphatic hydroxyl groups is 6. The second-order valence-corrected chi connectivity index (χ2v) is 19.5. The molecule has 3 aliphatic heterocycles. The first kappa shape index (κ1) is 57.5. The molecule has 0 aromatic heterocycles. The van der Waals surface area contributed by atoms with Crippen molar-refractivity contribution in [1.29, 1.82) is 0 Å². The lowest BCUT2D eigenvalue weighted by Crippen LogP contribution is -2.65. The highest BCUT2D eigenvalue weighted by Gasteiger charge is 2.51. The van der Waals surface area contributed by atoms with E-state index in [4.69, 9.17) is 37.9 Å². The molecule has 0 bridgehead atoms. The van der Waals surface area contributed by atoms with Crippen molar-refractivity contribution in [1.82, 2.24) is 4.90 Å². The third-order valence-corrected chi connectivity index (χ3v) is 13.9. The van der Waals surface area contributed by atoms with Crippen molar-refractivity contribution < 1.29 is 88.0 Å². The van der Waals surface area contributed by atoms with Crippen LogP contribution in [0.15, 0.2) is 0 Å². The van der Waals surface area contributed by atoms with E-state index in [0.717, 1.165) is 0 Å². The van der Waals surface area contributed by atoms with E-state index in [9.17, 15) is 50.1 Å². The Hall–Kier alpha value is -1.79. The van der Waals surface area contributed by atoms with Crippen molar-refractivity contribution in [2.45, 2.75) is 211 Å². The maximum Gasteiger partial charge on any atom is 0.305 e. The molecule has 3 fully saturated rings. The van der Waals surface area contributed by atoms with E-state index in [-0.39, 0.29) is 49.9 Å². The fraction of sp³-hybridized carbons (Fsp3) is 0.935. The van der Waals surface area contributed by atoms with Crippen LogP contribution in [0.3, 0.4) is 0 Å². The number of carbonyl (C=O) groups is 3. The first-order valence-corrected chi connectivity index (χ1v) is 23.3. The molecule has 19 nitrogen and oxygen atoms in total. The Bertz CT molecular complexity index is 1440. The fourth-order valence-electron chi connectivity index (χ4n) is 9.76. The fourth-order valence-corrected chi connectivity index (χ4v) is 9.76. The number of hydrogen-bond donors (Lipinski definition) is 7. The van der Waals surface area contributed by atoms with Crippen molar-refractivity contribution in [3.05, 3.63) is 0 Å². The van der Waals surface area contributed by atoms with E-state index in [1.165, 1.54) is 21.1 Å². The Balaban J connectivity index is 1.74. The molecule has 0 aromatic rings. The maximum atomic E-state index is 13.8. The first-order valence-electron chi connectivity index (χ1n) is 23.3. The molecule has 0 radical (unpaired) electrons. The second-order valence-electron chi connectivity index (χ2n) is 19.5. The molecule has 7 N–H and O–H groups in total. The summed E-state index contributed by atoms with van der Waals surface area (Å²) in [6.07, 6.45) is -12.2. The minimum Gasteiger partial charge on any atom is -0.481 e. The Morgan fingerprint density at radius 3 is 2.05 bits per heavy atom. The number of ketones is 1. The van der Waals surface area contributed by atoms with E-state index in [2.05, 4.69) is 0 Å². The highest BCUT2D eigenvalue weighted by atomic mass is 16.7. The van der Waals surface area contributed by atoms with Gasteiger partial charge in [-0.25, -0.2) is 0 Å². The summed E-state index contributed by atoms with van der Waals surface area (Å²) in [6.45, 7) is 13.9. The lowest BCUT2D eigenvalue weighted by Gasteiger charge is -2.50. The topological polar surface area (TPSA) is 270 Å². The molecule has 380 valence electrons. The molecule has 0 aliphatic carbocycles. The normalized spacial score (nSPS) is 37.1. The Kier molecular flexibility index (Phi) is 23.2. The van der Waals surface area contributed by atoms with Crippen LogP contribution in [0.4, 0.5) is 0 Å². The van der Waals surface area contributed by atoms with Gasteiger partial charge < -0.3 is 83.3 Å². The van der Waals surface area contributed by atoms with E-state index in [1.54, 1.807) is 53.6 Å². The Morgan fingerprint density at radius 2 is 1.49 bits per heavy atom. The quantitative estimate of drug-likeness (QED) is 0.0577. The molecule has 0 saturated carbocycles. The lowest BCUT2D eigenvalue weighted by atomic mass is 9.79. The number of Topliss-reactive ketones (excluding diaryl/α,β-unsaturated/α-hetero) is 1. The third kappa shape index (κ3) is 15.6. The number of carbonyl (C=O) groups excluding carboxylic acids is 2. The van der Waals surface area contributed by atoms with Crippen LogP contribution in [0.2, 0.25) is 0 Å². The smallest absolute Gasteiger partial charge is 0.305 e. The van der Waals surface area contributed by atoms with Gasteiger partial charge in [0.1, 0.15) is 48.7 Å². The summed E-state index contributed by atoms with van der Waals surface area (Å²) in [7, 11) is 6.43. The predicted molar refractivity (Wildman–Crippen MR) is 234 cm³/mol. The SMILES string of the molecule is CC[C@@H](O)[C@@H](CO[C@@H]1O[C@H](C)[C@@H](O)[C@@H](OC)[C@H]1OC)C[C@H](C)CCC(=O)[C@H](C)C[C@H](CC=O)[C@H](O[C@@H]1O[C@H](C)[C@@H](O[C@H]2C[C@@](C)(O)[C@@H](O)[C@H](C)O2)[C@H](N(C)C)[C@H]1O)[C@@H](C)[C@H](O)CC(=O)O. The number of methoxy groups -OCH3 is 2. The Morgan fingerprint density at radius 1 is 0.862 bits per heavy atom. The maximum absolute atomic E-state index is 13.8. The van der Waals surface area contributed by atoms with Gasteiger partial charge in [0.25, 0.3) is 0 Å². The van der Waals surface area contributed by atoms with Crippen molar-refractivity contribution in [3.8, 4) is 0 Å². The number of aldehydes is 1. The molecular weight excluding hydrogens is 854 g/mol. The van der Waals surface area contributed by atoms with Crippen LogP contribution in [-0.2, 0) is 52.3 Å². The van der Waals surface area contributed by atoms with Gasteiger partial charge in [-0.05, 0) is 79.3 Å². The van der Waals surface area contributed by atoms with Gasteiger partial charge in [0.15, 0.2) is 18.9 Å². The average Bonchev–Trinajstić information content (AvgIpc) is 3.23. The molecule has 22 atom stereocenters. The summed E-state index contributed by atoms with van der Waals surface area (Å²) in [5, 5.41) is 75.4. The van der Waals surface area contributed by atoms with Gasteiger partial charge in [0, 0.05) is 51.2 Å². The molecule has 0 amide bonds. The van der Waals surface area contributed by atoms with Crippen LogP contribution in [0.1, 0.15) is 107 Å². The summed E-state index contributed by atoms with van der Waals surface area (Å²) in [4.78, 5) is 39.5. The average molecular weight is 938 g/mol. The van der Waals surface area contributed by atoms with Crippen LogP contribution in [0.5, 0.6) is 0 Å². The third-order valence-electron chi connectivity index (χ3n) is 13.9. The lowest BCUT2D eigenvalue weighted by molar-refractivity contribution is -0.341. The number of ether oxygens (including phenoxy) is 8. The number of likely N-dealkylation sites (N-methyl/N-ethyl adjacent to an activating group) is 1. The molecule has 3 saturated heterocycles. The number of hydrogen-bond acceptors (Lipinski definition) is 18. The van der Waals surface area contributed by atoms with Crippen LogP contribution < -0.4 is 0 Å². The van der Waals surface area contributed by atoms with E-state index < -0.39 is 134 Å². The Labute approximate surface area is 385 Å². The van der Waals surface area contributed by atoms with Crippen LogP contribution in [0, 0.1) is 29.6 Å². The number of rotatable bonds is 27. The number of carboxylic acids is 1. The summed E-state index contributed by atoms with van der Waals surface area (Å²) in [6, 6.07) is -0.764. The first-order chi connectivity index (χ1) is 30.4. The minimum atomic E-state index is -1.50. The number of aliphatic carboxylic acids is 1. The van der Waals surface area contributed by atoms with Crippen molar-refractivity contribution in [2.24, 2.45) is 29.6 Å². The molecule has 0 spiro atoms. The molecule has 3 rings (SSSR count). The van der Waals surface area contributed by atoms with Crippen molar-refractivity contribution >= 4 is 18.0 Å². The van der Waals surface area contributed by atoms with Gasteiger partial charge in [0.05, 0.1) is 61.3 Å². The van der Waals surface area contributed by atoms with Crippen LogP contribution in [-0.4, -0.2) is 197 Å². The van der Waals surface area contributed by atoms with Gasteiger partial charge in [-0.2, -0.15) is 0 Å². The second kappa shape index (κ2) is 26.3. The van der Waals surface area contributed by atoms with Crippen LogP contribution >= 0.6 is 0 Å². The number of nitrogens with zero attached hydrogens (tertiary/aromatic N) is 1. The van der Waals surface area contributed by atoms with Gasteiger partial charge in [-0.15, -0.1) is 0 Å². The van der Waals surface area contributed by atoms with Crippen molar-refractivity contribution in [2.75, 3.05) is 34.9 Å². The zero-order valence-electron chi connectivity index (χ0n) is 40.6. The monoisotopic (exact) mass is 938 g/mol. The molecule has 0 unspecified atom stereocenters. The van der Waals surface area contributed by atoms with Crippen molar-refractivity contribution in [3.63, 3.8) is 0 Å². The summed E-state index contributed by atoms with van der Waals surface area (Å²) in [5.74, 6) is -3.81. The molecule has 3 heterocycles. The largest absolute Gasteiger partial charge is 0.481 e. The zero-order chi connectivity index (χ0) is 49.1. The summed E-state index contributed by atoms with van der Waals surface area (Å²) in [5.41, 5.74) is -1.50. The molecule has 3 aliphatic rings. The molecular formula is C46H83NO18. The van der Waals surface area contributed by atoms with E-state index in [1.807, 2.05) is 13.8 Å². The summed E-state index contributed by atoms with van der Waals surface area (Å²) >= 11 is 0. The molecule has 65 heavy (non-hydrogen) atoms. The van der Waals surface area contributed by atoms with Gasteiger partial charge in [0.2, 0.25) is 0 Å². The minimum absolute atomic E-state index is 0.0100. The highest BCUT2D eigenvalue weighted by molar-refractivity contribution is 5.80. The summed E-state index contributed by atoms with van der Waals surface area (Å²) < 4.78 is 48.1.